The summed E-state index contributed by atoms with van der Waals surface area (Å²) >= 11 is 3.63. The first-order valence-corrected chi connectivity index (χ1v) is 11.0. The Hall–Kier alpha value is -0.380. The Kier molecular flexibility index (Phi) is 8.04. The molecular formula is C21H32BrIN4O. The monoisotopic (exact) mass is 562 g/mol. The highest BCUT2D eigenvalue weighted by Gasteiger charge is 2.39. The molecule has 0 amide bonds. The van der Waals surface area contributed by atoms with Crippen molar-refractivity contribution in [2.45, 2.75) is 37.1 Å². The van der Waals surface area contributed by atoms with E-state index in [1.165, 1.54) is 35.7 Å². The van der Waals surface area contributed by atoms with Crippen molar-refractivity contribution in [3.05, 3.63) is 34.3 Å². The van der Waals surface area contributed by atoms with Crippen LogP contribution >= 0.6 is 39.9 Å². The molecule has 156 valence electrons. The van der Waals surface area contributed by atoms with E-state index in [0.29, 0.717) is 6.04 Å². The van der Waals surface area contributed by atoms with Crippen LogP contribution in [0.2, 0.25) is 0 Å². The third-order valence-corrected chi connectivity index (χ3v) is 7.06. The van der Waals surface area contributed by atoms with Gasteiger partial charge in [-0.15, -0.1) is 24.0 Å². The molecule has 1 aromatic rings. The van der Waals surface area contributed by atoms with Crippen LogP contribution in [0.1, 0.15) is 31.2 Å². The van der Waals surface area contributed by atoms with E-state index in [2.05, 4.69) is 60.3 Å². The van der Waals surface area contributed by atoms with E-state index in [1.54, 1.807) is 0 Å². The topological polar surface area (TPSA) is 40.1 Å². The Morgan fingerprint density at radius 1 is 1.29 bits per heavy atom. The Morgan fingerprint density at radius 2 is 2.07 bits per heavy atom. The number of nitrogens with zero attached hydrogens (tertiary/aromatic N) is 3. The Morgan fingerprint density at radius 3 is 2.71 bits per heavy atom. The molecule has 1 aromatic carbocycles. The molecule has 2 saturated heterocycles. The Labute approximate surface area is 194 Å². The summed E-state index contributed by atoms with van der Waals surface area (Å²) in [6.45, 7) is 7.01. The zero-order valence-electron chi connectivity index (χ0n) is 16.7. The van der Waals surface area contributed by atoms with E-state index in [0.717, 1.165) is 51.9 Å². The lowest BCUT2D eigenvalue weighted by atomic mass is 9.64. The second-order valence-electron chi connectivity index (χ2n) is 8.08. The number of likely N-dealkylation sites (tertiary alicyclic amines) is 1. The predicted octanol–water partition coefficient (Wildman–Crippen LogP) is 3.47. The maximum atomic E-state index is 5.51. The molecule has 2 aliphatic heterocycles. The fourth-order valence-electron chi connectivity index (χ4n) is 4.74. The summed E-state index contributed by atoms with van der Waals surface area (Å²) < 4.78 is 6.68. The van der Waals surface area contributed by atoms with Crippen LogP contribution in [0.25, 0.3) is 0 Å². The summed E-state index contributed by atoms with van der Waals surface area (Å²) in [5.74, 6) is 1.06. The van der Waals surface area contributed by atoms with Crippen molar-refractivity contribution < 1.29 is 4.74 Å². The van der Waals surface area contributed by atoms with Gasteiger partial charge in [-0.2, -0.15) is 0 Å². The summed E-state index contributed by atoms with van der Waals surface area (Å²) in [7, 11) is 1.91. The standard InChI is InChI=1S/C21H31BrN4O.HI/c1-23-20(26-9-6-19(15-26)25-10-12-27-13-11-25)24-16-21(7-3-8-21)17-4-2-5-18(22)14-17;/h2,4-5,14,19H,3,6-13,15-16H2,1H3,(H,23,24);1H. The molecule has 1 saturated carbocycles. The molecule has 1 atom stereocenters. The number of nitrogens with one attached hydrogen (secondary N) is 1. The van der Waals surface area contributed by atoms with Crippen LogP contribution in [-0.4, -0.2) is 74.8 Å². The van der Waals surface area contributed by atoms with E-state index in [9.17, 15) is 0 Å². The molecule has 1 aliphatic carbocycles. The van der Waals surface area contributed by atoms with Gasteiger partial charge in [0.05, 0.1) is 13.2 Å². The molecule has 7 heteroatoms. The zero-order chi connectivity index (χ0) is 18.7. The lowest BCUT2D eigenvalue weighted by Crippen LogP contribution is -2.50. The van der Waals surface area contributed by atoms with Crippen LogP contribution in [-0.2, 0) is 10.2 Å². The van der Waals surface area contributed by atoms with Crippen molar-refractivity contribution in [2.75, 3.05) is 53.0 Å². The second kappa shape index (κ2) is 10.1. The minimum atomic E-state index is 0. The van der Waals surface area contributed by atoms with Gasteiger partial charge in [0.25, 0.3) is 0 Å². The fourth-order valence-corrected chi connectivity index (χ4v) is 5.14. The predicted molar refractivity (Wildman–Crippen MR) is 129 cm³/mol. The number of morpholine rings is 1. The minimum absolute atomic E-state index is 0. The fraction of sp³-hybridized carbons (Fsp3) is 0.667. The molecule has 28 heavy (non-hydrogen) atoms. The van der Waals surface area contributed by atoms with Crippen molar-refractivity contribution in [1.29, 1.82) is 0 Å². The van der Waals surface area contributed by atoms with E-state index >= 15 is 0 Å². The largest absolute Gasteiger partial charge is 0.379 e. The van der Waals surface area contributed by atoms with Crippen molar-refractivity contribution >= 4 is 45.9 Å². The van der Waals surface area contributed by atoms with Crippen molar-refractivity contribution in [2.24, 2.45) is 4.99 Å². The van der Waals surface area contributed by atoms with Gasteiger partial charge in [-0.3, -0.25) is 9.89 Å². The molecule has 3 aliphatic rings. The van der Waals surface area contributed by atoms with Gasteiger partial charge in [0, 0.05) is 55.7 Å². The summed E-state index contributed by atoms with van der Waals surface area (Å²) in [5.41, 5.74) is 1.70. The summed E-state index contributed by atoms with van der Waals surface area (Å²) in [6.07, 6.45) is 5.04. The van der Waals surface area contributed by atoms with Gasteiger partial charge >= 0.3 is 0 Å². The van der Waals surface area contributed by atoms with Crippen molar-refractivity contribution in [1.82, 2.24) is 15.1 Å². The highest BCUT2D eigenvalue weighted by Crippen LogP contribution is 2.43. The molecule has 0 aromatic heterocycles. The first-order chi connectivity index (χ1) is 13.2. The third-order valence-electron chi connectivity index (χ3n) is 6.57. The number of rotatable bonds is 4. The molecule has 3 fully saturated rings. The normalized spacial score (nSPS) is 25.1. The van der Waals surface area contributed by atoms with Crippen LogP contribution in [0.15, 0.2) is 33.7 Å². The van der Waals surface area contributed by atoms with Gasteiger partial charge in [-0.25, -0.2) is 0 Å². The zero-order valence-corrected chi connectivity index (χ0v) is 20.6. The summed E-state index contributed by atoms with van der Waals surface area (Å²) in [6, 6.07) is 9.46. The van der Waals surface area contributed by atoms with Gasteiger partial charge in [-0.1, -0.05) is 34.5 Å². The number of hydrogen-bond donors (Lipinski definition) is 1. The number of aliphatic imine (C=N–C) groups is 1. The minimum Gasteiger partial charge on any atom is -0.379 e. The Balaban J connectivity index is 0.00000225. The lowest BCUT2D eigenvalue weighted by Gasteiger charge is -2.43. The number of ether oxygens (including phenoxy) is 1. The highest BCUT2D eigenvalue weighted by molar-refractivity contribution is 14.0. The van der Waals surface area contributed by atoms with Gasteiger partial charge in [0.15, 0.2) is 5.96 Å². The first kappa shape index (κ1) is 22.3. The van der Waals surface area contributed by atoms with Crippen LogP contribution < -0.4 is 5.32 Å². The first-order valence-electron chi connectivity index (χ1n) is 10.2. The van der Waals surface area contributed by atoms with Crippen LogP contribution in [0.4, 0.5) is 0 Å². The lowest BCUT2D eigenvalue weighted by molar-refractivity contribution is 0.0194. The van der Waals surface area contributed by atoms with Gasteiger partial charge in [-0.05, 0) is 37.0 Å². The third kappa shape index (κ3) is 4.84. The maximum absolute atomic E-state index is 5.51. The summed E-state index contributed by atoms with van der Waals surface area (Å²) in [4.78, 5) is 9.63. The van der Waals surface area contributed by atoms with Gasteiger partial charge < -0.3 is 15.0 Å². The average molecular weight is 563 g/mol. The van der Waals surface area contributed by atoms with E-state index in [-0.39, 0.29) is 29.4 Å². The highest BCUT2D eigenvalue weighted by atomic mass is 127. The Bertz CT molecular complexity index is 676. The number of benzene rings is 1. The molecular weight excluding hydrogens is 531 g/mol. The second-order valence-corrected chi connectivity index (χ2v) is 9.00. The molecule has 2 heterocycles. The molecule has 0 spiro atoms. The quantitative estimate of drug-likeness (QED) is 0.346. The smallest absolute Gasteiger partial charge is 0.193 e. The van der Waals surface area contributed by atoms with E-state index < -0.39 is 0 Å². The van der Waals surface area contributed by atoms with Crippen LogP contribution in [0, 0.1) is 0 Å². The van der Waals surface area contributed by atoms with Crippen LogP contribution in [0.5, 0.6) is 0 Å². The molecule has 5 nitrogen and oxygen atoms in total. The van der Waals surface area contributed by atoms with Crippen molar-refractivity contribution in [3.8, 4) is 0 Å². The number of guanidine groups is 1. The average Bonchev–Trinajstić information content (AvgIpc) is 3.15. The molecule has 1 unspecified atom stereocenters. The SMILES string of the molecule is CN=C(NCC1(c2cccc(Br)c2)CCC1)N1CCC(N2CCOCC2)C1.I. The molecule has 1 N–H and O–H groups in total. The van der Waals surface area contributed by atoms with E-state index in [4.69, 9.17) is 4.74 Å². The maximum Gasteiger partial charge on any atom is 0.193 e. The van der Waals surface area contributed by atoms with Crippen molar-refractivity contribution in [3.63, 3.8) is 0 Å². The van der Waals surface area contributed by atoms with Gasteiger partial charge in [0.1, 0.15) is 0 Å². The molecule has 0 radical (unpaired) electrons. The number of hydrogen-bond acceptors (Lipinski definition) is 3. The van der Waals surface area contributed by atoms with Gasteiger partial charge in [0.2, 0.25) is 0 Å². The molecule has 4 rings (SSSR count). The van der Waals surface area contributed by atoms with Crippen LogP contribution in [0.3, 0.4) is 0 Å². The molecule has 0 bridgehead atoms. The number of halogens is 2. The van der Waals surface area contributed by atoms with E-state index in [1.807, 2.05) is 7.05 Å². The summed E-state index contributed by atoms with van der Waals surface area (Å²) in [5, 5.41) is 3.71.